The minimum Gasteiger partial charge on any atom is -0.467 e. The lowest BCUT2D eigenvalue weighted by molar-refractivity contribution is -0.118. The largest absolute Gasteiger partial charge is 0.467 e. The maximum atomic E-state index is 12.7. The molecule has 0 radical (unpaired) electrons. The molecular weight excluding hydrogens is 454 g/mol. The second kappa shape index (κ2) is 10.3. The summed E-state index contributed by atoms with van der Waals surface area (Å²) in [5.74, 6) is 0.795. The Balaban J connectivity index is 1.26. The maximum absolute atomic E-state index is 12.7. The number of sulfonamides is 1. The monoisotopic (exact) mass is 477 g/mol. The number of hydrogen-bond acceptors (Lipinski definition) is 8. The van der Waals surface area contributed by atoms with Crippen LogP contribution in [0.5, 0.6) is 0 Å². The second-order valence-electron chi connectivity index (χ2n) is 7.05. The number of ether oxygens (including phenoxy) is 1. The van der Waals surface area contributed by atoms with Gasteiger partial charge >= 0.3 is 0 Å². The predicted molar refractivity (Wildman–Crippen MR) is 116 cm³/mol. The van der Waals surface area contributed by atoms with Crippen molar-refractivity contribution in [2.75, 3.05) is 32.1 Å². The number of carbonyl (C=O) groups excluding carboxylic acids is 1. The molecule has 32 heavy (non-hydrogen) atoms. The Morgan fingerprint density at radius 2 is 1.94 bits per heavy atom. The highest BCUT2D eigenvalue weighted by molar-refractivity contribution is 7.99. The van der Waals surface area contributed by atoms with Gasteiger partial charge in [-0.2, -0.15) is 4.31 Å². The van der Waals surface area contributed by atoms with Gasteiger partial charge in [0.15, 0.2) is 5.16 Å². The van der Waals surface area contributed by atoms with Crippen LogP contribution in [-0.4, -0.2) is 65.5 Å². The van der Waals surface area contributed by atoms with E-state index in [9.17, 15) is 13.2 Å². The Morgan fingerprint density at radius 3 is 2.66 bits per heavy atom. The fraction of sp³-hybridized carbons (Fsp3) is 0.350. The van der Waals surface area contributed by atoms with E-state index in [0.717, 1.165) is 11.3 Å². The van der Waals surface area contributed by atoms with Crippen molar-refractivity contribution in [3.8, 4) is 0 Å². The molecule has 3 aromatic rings. The number of morpholine rings is 1. The van der Waals surface area contributed by atoms with Gasteiger partial charge < -0.3 is 19.0 Å². The molecule has 3 heterocycles. The SMILES string of the molecule is O=C(CSc1nncn1Cc1ccco1)NCc1ccc(S(=O)(=O)N2CCOCC2)cc1. The first kappa shape index (κ1) is 22.5. The van der Waals surface area contributed by atoms with Gasteiger partial charge in [-0.1, -0.05) is 23.9 Å². The Morgan fingerprint density at radius 1 is 1.16 bits per heavy atom. The van der Waals surface area contributed by atoms with E-state index < -0.39 is 10.0 Å². The normalized spacial score (nSPS) is 15.0. The average molecular weight is 478 g/mol. The van der Waals surface area contributed by atoms with Crippen LogP contribution in [-0.2, 0) is 32.6 Å². The Labute approximate surface area is 190 Å². The molecule has 1 aliphatic rings. The minimum atomic E-state index is -3.53. The van der Waals surface area contributed by atoms with Crippen LogP contribution in [0.15, 0.2) is 63.5 Å². The molecule has 0 spiro atoms. The number of rotatable bonds is 9. The quantitative estimate of drug-likeness (QED) is 0.459. The summed E-state index contributed by atoms with van der Waals surface area (Å²) in [7, 11) is -3.53. The molecule has 0 bridgehead atoms. The van der Waals surface area contributed by atoms with Gasteiger partial charge in [0.25, 0.3) is 0 Å². The number of hydrogen-bond donors (Lipinski definition) is 1. The molecule has 0 atom stereocenters. The smallest absolute Gasteiger partial charge is 0.243 e. The van der Waals surface area contributed by atoms with Gasteiger partial charge in [0, 0.05) is 19.6 Å². The molecule has 1 aromatic carbocycles. The fourth-order valence-electron chi connectivity index (χ4n) is 3.13. The summed E-state index contributed by atoms with van der Waals surface area (Å²) < 4.78 is 39.1. The summed E-state index contributed by atoms with van der Waals surface area (Å²) in [6.07, 6.45) is 3.19. The van der Waals surface area contributed by atoms with Gasteiger partial charge in [0.05, 0.1) is 36.7 Å². The summed E-state index contributed by atoms with van der Waals surface area (Å²) >= 11 is 1.28. The molecule has 1 fully saturated rings. The van der Waals surface area contributed by atoms with Crippen LogP contribution in [0.2, 0.25) is 0 Å². The molecule has 10 nitrogen and oxygen atoms in total. The van der Waals surface area contributed by atoms with E-state index in [4.69, 9.17) is 9.15 Å². The van der Waals surface area contributed by atoms with Crippen molar-refractivity contribution in [2.24, 2.45) is 0 Å². The zero-order valence-corrected chi connectivity index (χ0v) is 18.8. The Hall–Kier alpha value is -2.67. The van der Waals surface area contributed by atoms with Crippen LogP contribution in [0.3, 0.4) is 0 Å². The highest BCUT2D eigenvalue weighted by Crippen LogP contribution is 2.18. The second-order valence-corrected chi connectivity index (χ2v) is 9.93. The summed E-state index contributed by atoms with van der Waals surface area (Å²) in [6, 6.07) is 10.2. The first-order valence-corrected chi connectivity index (χ1v) is 12.4. The number of amides is 1. The Kier molecular flexibility index (Phi) is 7.25. The van der Waals surface area contributed by atoms with Crippen molar-refractivity contribution in [3.05, 3.63) is 60.3 Å². The number of benzene rings is 1. The van der Waals surface area contributed by atoms with Crippen LogP contribution in [0.4, 0.5) is 0 Å². The van der Waals surface area contributed by atoms with E-state index >= 15 is 0 Å². The van der Waals surface area contributed by atoms with E-state index in [-0.39, 0.29) is 16.6 Å². The molecule has 170 valence electrons. The van der Waals surface area contributed by atoms with Crippen LogP contribution in [0.1, 0.15) is 11.3 Å². The van der Waals surface area contributed by atoms with E-state index in [2.05, 4.69) is 15.5 Å². The van der Waals surface area contributed by atoms with Crippen molar-refractivity contribution in [2.45, 2.75) is 23.1 Å². The third kappa shape index (κ3) is 5.57. The van der Waals surface area contributed by atoms with Gasteiger partial charge in [0.2, 0.25) is 15.9 Å². The van der Waals surface area contributed by atoms with Crippen molar-refractivity contribution in [1.29, 1.82) is 0 Å². The van der Waals surface area contributed by atoms with Crippen LogP contribution in [0.25, 0.3) is 0 Å². The molecule has 4 rings (SSSR count). The summed E-state index contributed by atoms with van der Waals surface area (Å²) in [5.41, 5.74) is 0.810. The lowest BCUT2D eigenvalue weighted by Crippen LogP contribution is -2.40. The van der Waals surface area contributed by atoms with Gasteiger partial charge in [0.1, 0.15) is 12.1 Å². The molecule has 1 amide bonds. The summed E-state index contributed by atoms with van der Waals surface area (Å²) in [5, 5.41) is 11.4. The molecular formula is C20H23N5O5S2. The number of aromatic nitrogens is 3. The lowest BCUT2D eigenvalue weighted by Gasteiger charge is -2.26. The topological polar surface area (TPSA) is 120 Å². The van der Waals surface area contributed by atoms with Gasteiger partial charge in [-0.05, 0) is 29.8 Å². The van der Waals surface area contributed by atoms with Crippen LogP contribution >= 0.6 is 11.8 Å². The third-order valence-electron chi connectivity index (χ3n) is 4.84. The van der Waals surface area contributed by atoms with Crippen LogP contribution < -0.4 is 5.32 Å². The van der Waals surface area contributed by atoms with E-state index in [1.165, 1.54) is 16.1 Å². The average Bonchev–Trinajstić information content (AvgIpc) is 3.49. The lowest BCUT2D eigenvalue weighted by atomic mass is 10.2. The highest BCUT2D eigenvalue weighted by Gasteiger charge is 2.26. The van der Waals surface area contributed by atoms with E-state index in [1.54, 1.807) is 36.9 Å². The third-order valence-corrected chi connectivity index (χ3v) is 7.73. The van der Waals surface area contributed by atoms with Gasteiger partial charge in [-0.25, -0.2) is 8.42 Å². The molecule has 0 saturated carbocycles. The zero-order chi connectivity index (χ0) is 22.4. The van der Waals surface area contributed by atoms with Crippen molar-refractivity contribution >= 4 is 27.7 Å². The molecule has 1 N–H and O–H groups in total. The molecule has 1 aliphatic heterocycles. The minimum absolute atomic E-state index is 0.160. The van der Waals surface area contributed by atoms with Crippen molar-refractivity contribution < 1.29 is 22.4 Å². The molecule has 0 aliphatic carbocycles. The number of nitrogens with zero attached hydrogens (tertiary/aromatic N) is 4. The van der Waals surface area contributed by atoms with Crippen molar-refractivity contribution in [3.63, 3.8) is 0 Å². The van der Waals surface area contributed by atoms with Gasteiger partial charge in [-0.15, -0.1) is 10.2 Å². The molecule has 0 unspecified atom stereocenters. The summed E-state index contributed by atoms with van der Waals surface area (Å²) in [6.45, 7) is 2.31. The zero-order valence-electron chi connectivity index (χ0n) is 17.2. The van der Waals surface area contributed by atoms with Gasteiger partial charge in [-0.3, -0.25) is 4.79 Å². The first-order chi connectivity index (χ1) is 15.5. The van der Waals surface area contributed by atoms with Crippen LogP contribution in [0, 0.1) is 0 Å². The molecule has 1 saturated heterocycles. The summed E-state index contributed by atoms with van der Waals surface area (Å²) in [4.78, 5) is 12.5. The van der Waals surface area contributed by atoms with E-state index in [0.29, 0.717) is 44.5 Å². The number of nitrogens with one attached hydrogen (secondary N) is 1. The number of thioether (sulfide) groups is 1. The Bertz CT molecular complexity index is 1120. The standard InChI is InChI=1S/C20H23N5O5S2/c26-19(14-31-20-23-22-15-24(20)13-17-2-1-9-30-17)21-12-16-3-5-18(6-4-16)32(27,28)25-7-10-29-11-8-25/h1-6,9,15H,7-8,10-14H2,(H,21,26). The molecule has 12 heteroatoms. The highest BCUT2D eigenvalue weighted by atomic mass is 32.2. The van der Waals surface area contributed by atoms with E-state index in [1.807, 2.05) is 16.7 Å². The molecule has 2 aromatic heterocycles. The first-order valence-electron chi connectivity index (χ1n) is 9.99. The maximum Gasteiger partial charge on any atom is 0.243 e. The number of carbonyl (C=O) groups is 1. The number of furan rings is 1. The fourth-order valence-corrected chi connectivity index (χ4v) is 5.28. The van der Waals surface area contributed by atoms with Crippen molar-refractivity contribution in [1.82, 2.24) is 24.4 Å². The predicted octanol–water partition coefficient (Wildman–Crippen LogP) is 1.35.